The van der Waals surface area contributed by atoms with Gasteiger partial charge in [0.15, 0.2) is 0 Å². The van der Waals surface area contributed by atoms with Crippen LogP contribution in [-0.2, 0) is 9.53 Å². The van der Waals surface area contributed by atoms with E-state index in [1.54, 1.807) is 0 Å². The number of aliphatic hydroxyl groups excluding tert-OH is 1. The van der Waals surface area contributed by atoms with Crippen molar-refractivity contribution in [2.24, 2.45) is 5.92 Å². The Kier molecular flexibility index (Phi) is 6.68. The van der Waals surface area contributed by atoms with Gasteiger partial charge in [0.1, 0.15) is 0 Å². The van der Waals surface area contributed by atoms with E-state index in [2.05, 4.69) is 4.90 Å². The van der Waals surface area contributed by atoms with Gasteiger partial charge in [0, 0.05) is 11.6 Å². The molecule has 0 radical (unpaired) electrons. The minimum absolute atomic E-state index is 0.133. The minimum Gasteiger partial charge on any atom is -0.466 e. The summed E-state index contributed by atoms with van der Waals surface area (Å²) in [6, 6.07) is 7.41. The number of carbonyl (C=O) groups excluding carboxylic acids is 1. The topological polar surface area (TPSA) is 49.8 Å². The predicted molar refractivity (Wildman–Crippen MR) is 86.8 cm³/mol. The van der Waals surface area contributed by atoms with Gasteiger partial charge in [-0.3, -0.25) is 4.79 Å². The van der Waals surface area contributed by atoms with Crippen molar-refractivity contribution in [3.05, 3.63) is 34.9 Å². The molecule has 4 nitrogen and oxygen atoms in total. The minimum atomic E-state index is -0.440. The first kappa shape index (κ1) is 17.3. The van der Waals surface area contributed by atoms with Crippen molar-refractivity contribution in [1.29, 1.82) is 0 Å². The molecule has 0 amide bonds. The third kappa shape index (κ3) is 4.97. The summed E-state index contributed by atoms with van der Waals surface area (Å²) >= 11 is 5.88. The van der Waals surface area contributed by atoms with Gasteiger partial charge < -0.3 is 14.7 Å². The fourth-order valence-electron chi connectivity index (χ4n) is 2.91. The molecule has 122 valence electrons. The van der Waals surface area contributed by atoms with Gasteiger partial charge in [-0.15, -0.1) is 0 Å². The largest absolute Gasteiger partial charge is 0.466 e. The van der Waals surface area contributed by atoms with Crippen LogP contribution in [-0.4, -0.2) is 42.2 Å². The number of hydrogen-bond acceptors (Lipinski definition) is 4. The predicted octanol–water partition coefficient (Wildman–Crippen LogP) is 3.04. The number of ether oxygens (including phenoxy) is 1. The fraction of sp³-hybridized carbons (Fsp3) is 0.588. The summed E-state index contributed by atoms with van der Waals surface area (Å²) in [6.07, 6.45) is 1.88. The van der Waals surface area contributed by atoms with Gasteiger partial charge in [-0.05, 0) is 56.5 Å². The molecule has 22 heavy (non-hydrogen) atoms. The van der Waals surface area contributed by atoms with Gasteiger partial charge in [0.2, 0.25) is 0 Å². The zero-order valence-corrected chi connectivity index (χ0v) is 13.8. The van der Waals surface area contributed by atoms with E-state index in [-0.39, 0.29) is 11.9 Å². The van der Waals surface area contributed by atoms with E-state index in [4.69, 9.17) is 16.3 Å². The molecule has 1 aromatic rings. The normalized spacial score (nSPS) is 18.1. The first-order valence-electron chi connectivity index (χ1n) is 7.91. The molecule has 0 saturated carbocycles. The Morgan fingerprint density at radius 3 is 2.59 bits per heavy atom. The summed E-state index contributed by atoms with van der Waals surface area (Å²) < 4.78 is 4.94. The van der Waals surface area contributed by atoms with Crippen molar-refractivity contribution in [2.75, 3.05) is 26.2 Å². The number of piperidine rings is 1. The smallest absolute Gasteiger partial charge is 0.307 e. The summed E-state index contributed by atoms with van der Waals surface area (Å²) in [5, 5.41) is 11.2. The molecule has 2 rings (SSSR count). The van der Waals surface area contributed by atoms with Gasteiger partial charge in [0.25, 0.3) is 0 Å². The maximum absolute atomic E-state index is 11.4. The molecule has 1 saturated heterocycles. The molecule has 1 aliphatic heterocycles. The van der Waals surface area contributed by atoms with Crippen molar-refractivity contribution >= 4 is 17.6 Å². The Morgan fingerprint density at radius 1 is 1.36 bits per heavy atom. The second kappa shape index (κ2) is 8.51. The molecule has 1 fully saturated rings. The van der Waals surface area contributed by atoms with Crippen LogP contribution in [0.1, 0.15) is 37.9 Å². The molecule has 0 bridgehead atoms. The third-order valence-electron chi connectivity index (χ3n) is 4.23. The molecule has 1 aromatic carbocycles. The van der Waals surface area contributed by atoms with E-state index in [1.807, 2.05) is 31.2 Å². The van der Waals surface area contributed by atoms with E-state index >= 15 is 0 Å². The lowest BCUT2D eigenvalue weighted by Gasteiger charge is -2.34. The average molecular weight is 326 g/mol. The van der Waals surface area contributed by atoms with Gasteiger partial charge in [0.05, 0.1) is 19.1 Å². The Morgan fingerprint density at radius 2 is 2.00 bits per heavy atom. The van der Waals surface area contributed by atoms with Gasteiger partial charge in [-0.1, -0.05) is 23.7 Å². The highest BCUT2D eigenvalue weighted by atomic mass is 35.5. The van der Waals surface area contributed by atoms with Crippen LogP contribution < -0.4 is 0 Å². The number of rotatable bonds is 6. The molecular weight excluding hydrogens is 302 g/mol. The van der Waals surface area contributed by atoms with E-state index in [9.17, 15) is 9.90 Å². The summed E-state index contributed by atoms with van der Waals surface area (Å²) in [6.45, 7) is 4.82. The number of benzene rings is 1. The molecule has 0 aliphatic carbocycles. The molecule has 5 heteroatoms. The maximum atomic E-state index is 11.4. The van der Waals surface area contributed by atoms with Crippen molar-refractivity contribution in [3.63, 3.8) is 0 Å². The van der Waals surface area contributed by atoms with Crippen LogP contribution in [0.4, 0.5) is 0 Å². The molecule has 1 atom stereocenters. The third-order valence-corrected chi connectivity index (χ3v) is 4.48. The lowest BCUT2D eigenvalue weighted by atomic mass is 9.87. The lowest BCUT2D eigenvalue weighted by molar-refractivity contribution is -0.143. The SMILES string of the molecule is CCOC(=O)CCN1CCC(C(O)c2ccc(Cl)cc2)CC1. The highest BCUT2D eigenvalue weighted by molar-refractivity contribution is 6.30. The van der Waals surface area contributed by atoms with E-state index in [0.29, 0.717) is 18.1 Å². The molecule has 0 spiro atoms. The summed E-state index contributed by atoms with van der Waals surface area (Å²) in [4.78, 5) is 13.6. The highest BCUT2D eigenvalue weighted by Gasteiger charge is 2.26. The Labute approximate surface area is 137 Å². The van der Waals surface area contributed by atoms with Crippen molar-refractivity contribution in [1.82, 2.24) is 4.90 Å². The maximum Gasteiger partial charge on any atom is 0.307 e. The molecule has 1 N–H and O–H groups in total. The Balaban J connectivity index is 1.76. The van der Waals surface area contributed by atoms with Crippen LogP contribution in [0.5, 0.6) is 0 Å². The molecule has 1 heterocycles. The van der Waals surface area contributed by atoms with Crippen molar-refractivity contribution in [3.8, 4) is 0 Å². The summed E-state index contributed by atoms with van der Waals surface area (Å²) in [7, 11) is 0. The van der Waals surface area contributed by atoms with Crippen LogP contribution in [0.3, 0.4) is 0 Å². The average Bonchev–Trinajstić information content (AvgIpc) is 2.54. The first-order valence-corrected chi connectivity index (χ1v) is 8.29. The van der Waals surface area contributed by atoms with Crippen LogP contribution in [0, 0.1) is 5.92 Å². The number of likely N-dealkylation sites (tertiary alicyclic amines) is 1. The van der Waals surface area contributed by atoms with Crippen LogP contribution in [0.15, 0.2) is 24.3 Å². The summed E-state index contributed by atoms with van der Waals surface area (Å²) in [5.41, 5.74) is 0.925. The Bertz CT molecular complexity index is 469. The summed E-state index contributed by atoms with van der Waals surface area (Å²) in [5.74, 6) is 0.130. The first-order chi connectivity index (χ1) is 10.6. The van der Waals surface area contributed by atoms with Gasteiger partial charge >= 0.3 is 5.97 Å². The van der Waals surface area contributed by atoms with Gasteiger partial charge in [-0.2, -0.15) is 0 Å². The molecular formula is C17H24ClNO3. The van der Waals surface area contributed by atoms with Crippen LogP contribution >= 0.6 is 11.6 Å². The fourth-order valence-corrected chi connectivity index (χ4v) is 3.03. The number of esters is 1. The monoisotopic (exact) mass is 325 g/mol. The second-order valence-corrected chi connectivity index (χ2v) is 6.17. The van der Waals surface area contributed by atoms with Gasteiger partial charge in [-0.25, -0.2) is 0 Å². The quantitative estimate of drug-likeness (QED) is 0.817. The number of nitrogens with zero attached hydrogens (tertiary/aromatic N) is 1. The molecule has 1 aliphatic rings. The van der Waals surface area contributed by atoms with E-state index in [0.717, 1.165) is 38.0 Å². The van der Waals surface area contributed by atoms with Crippen molar-refractivity contribution in [2.45, 2.75) is 32.3 Å². The number of halogens is 1. The van der Waals surface area contributed by atoms with E-state index < -0.39 is 6.10 Å². The second-order valence-electron chi connectivity index (χ2n) is 5.73. The van der Waals surface area contributed by atoms with Crippen LogP contribution in [0.25, 0.3) is 0 Å². The number of aliphatic hydroxyl groups is 1. The lowest BCUT2D eigenvalue weighted by Crippen LogP contribution is -2.37. The number of hydrogen-bond donors (Lipinski definition) is 1. The molecule has 0 aromatic heterocycles. The highest BCUT2D eigenvalue weighted by Crippen LogP contribution is 2.31. The molecule has 1 unspecified atom stereocenters. The van der Waals surface area contributed by atoms with Crippen LogP contribution in [0.2, 0.25) is 5.02 Å². The number of carbonyl (C=O) groups is 1. The van der Waals surface area contributed by atoms with Crippen molar-refractivity contribution < 1.29 is 14.6 Å². The van der Waals surface area contributed by atoms with E-state index in [1.165, 1.54) is 0 Å². The zero-order valence-electron chi connectivity index (χ0n) is 13.0. The Hall–Kier alpha value is -1.10. The standard InChI is InChI=1S/C17H24ClNO3/c1-2-22-16(20)9-12-19-10-7-14(8-11-19)17(21)13-3-5-15(18)6-4-13/h3-6,14,17,21H,2,7-12H2,1H3. The zero-order chi connectivity index (χ0) is 15.9.